The van der Waals surface area contributed by atoms with Gasteiger partial charge in [0.15, 0.2) is 6.29 Å². The summed E-state index contributed by atoms with van der Waals surface area (Å²) in [6, 6.07) is 2.05. The maximum Gasteiger partial charge on any atom is 0.267 e. The fraction of sp³-hybridized carbons (Fsp3) is 0.476. The Morgan fingerprint density at radius 1 is 1.13 bits per heavy atom. The van der Waals surface area contributed by atoms with Gasteiger partial charge >= 0.3 is 0 Å². The van der Waals surface area contributed by atoms with E-state index in [1.54, 1.807) is 30.9 Å². The predicted molar refractivity (Wildman–Crippen MR) is 115 cm³/mol. The SMILES string of the molecule is O=C(C=Cc1cnc(N[C@@H]2CCCN(c3ncccn3)C2)cn1)NOC1CCCCO1. The lowest BCUT2D eigenvalue weighted by atomic mass is 10.1. The van der Waals surface area contributed by atoms with E-state index in [0.29, 0.717) is 18.1 Å². The van der Waals surface area contributed by atoms with Crippen molar-refractivity contribution in [2.75, 3.05) is 29.9 Å². The van der Waals surface area contributed by atoms with E-state index < -0.39 is 0 Å². The number of piperidine rings is 1. The summed E-state index contributed by atoms with van der Waals surface area (Å²) in [5.74, 6) is 1.07. The highest BCUT2D eigenvalue weighted by molar-refractivity contribution is 5.90. The molecular formula is C21H27N7O3. The number of nitrogens with zero attached hydrogens (tertiary/aromatic N) is 5. The standard InChI is InChI=1S/C21H27N7O3/c29-19(27-31-20-6-1-2-12-30-20)8-7-16-13-25-18(14-24-16)26-17-5-3-11-28(15-17)21-22-9-4-10-23-21/h4,7-10,13-14,17,20H,1-3,5-6,11-12,15H2,(H,25,26)(H,27,29)/t17-,20?/m1/s1. The molecule has 2 aliphatic rings. The van der Waals surface area contributed by atoms with Gasteiger partial charge in [-0.2, -0.15) is 0 Å². The number of hydroxylamine groups is 1. The van der Waals surface area contributed by atoms with Gasteiger partial charge in [0.05, 0.1) is 18.1 Å². The van der Waals surface area contributed by atoms with Crippen LogP contribution in [-0.4, -0.2) is 57.9 Å². The molecule has 4 rings (SSSR count). The first-order valence-corrected chi connectivity index (χ1v) is 10.6. The van der Waals surface area contributed by atoms with Gasteiger partial charge in [-0.25, -0.2) is 25.3 Å². The lowest BCUT2D eigenvalue weighted by molar-refractivity contribution is -0.198. The van der Waals surface area contributed by atoms with Gasteiger partial charge in [0.25, 0.3) is 5.91 Å². The first-order valence-electron chi connectivity index (χ1n) is 10.6. The molecular weight excluding hydrogens is 398 g/mol. The number of carbonyl (C=O) groups is 1. The van der Waals surface area contributed by atoms with E-state index in [1.165, 1.54) is 6.08 Å². The largest absolute Gasteiger partial charge is 0.364 e. The van der Waals surface area contributed by atoms with Crippen LogP contribution in [0.2, 0.25) is 0 Å². The fourth-order valence-electron chi connectivity index (χ4n) is 3.56. The van der Waals surface area contributed by atoms with Crippen LogP contribution in [0, 0.1) is 0 Å². The van der Waals surface area contributed by atoms with Crippen LogP contribution in [0.5, 0.6) is 0 Å². The molecule has 0 radical (unpaired) electrons. The summed E-state index contributed by atoms with van der Waals surface area (Å²) in [7, 11) is 0. The van der Waals surface area contributed by atoms with Gasteiger partial charge in [0.2, 0.25) is 5.95 Å². The third-order valence-corrected chi connectivity index (χ3v) is 5.11. The monoisotopic (exact) mass is 425 g/mol. The summed E-state index contributed by atoms with van der Waals surface area (Å²) < 4.78 is 5.40. The van der Waals surface area contributed by atoms with Crippen LogP contribution in [0.15, 0.2) is 36.9 Å². The quantitative estimate of drug-likeness (QED) is 0.507. The van der Waals surface area contributed by atoms with E-state index in [2.05, 4.69) is 35.6 Å². The van der Waals surface area contributed by atoms with Gasteiger partial charge in [-0.1, -0.05) is 0 Å². The van der Waals surface area contributed by atoms with Gasteiger partial charge in [0.1, 0.15) is 5.82 Å². The van der Waals surface area contributed by atoms with Crippen molar-refractivity contribution in [3.8, 4) is 0 Å². The van der Waals surface area contributed by atoms with Crippen molar-refractivity contribution in [3.05, 3.63) is 42.6 Å². The molecule has 164 valence electrons. The smallest absolute Gasteiger partial charge is 0.267 e. The van der Waals surface area contributed by atoms with Gasteiger partial charge in [-0.05, 0) is 37.8 Å². The Bertz CT molecular complexity index is 857. The molecule has 10 heteroatoms. The third-order valence-electron chi connectivity index (χ3n) is 5.11. The number of carbonyl (C=O) groups excluding carboxylic acids is 1. The van der Waals surface area contributed by atoms with Crippen molar-refractivity contribution < 1.29 is 14.4 Å². The number of hydrogen-bond acceptors (Lipinski definition) is 9. The molecule has 1 unspecified atom stereocenters. The lowest BCUT2D eigenvalue weighted by Crippen LogP contribution is -2.43. The maximum atomic E-state index is 11.9. The van der Waals surface area contributed by atoms with Crippen LogP contribution in [0.3, 0.4) is 0 Å². The Labute approximate surface area is 181 Å². The highest BCUT2D eigenvalue weighted by Crippen LogP contribution is 2.18. The molecule has 2 aromatic rings. The Hall–Kier alpha value is -3.11. The van der Waals surface area contributed by atoms with Crippen LogP contribution < -0.4 is 15.7 Å². The first-order chi connectivity index (χ1) is 15.3. The van der Waals surface area contributed by atoms with Crippen molar-refractivity contribution in [2.24, 2.45) is 0 Å². The molecule has 0 aromatic carbocycles. The number of nitrogens with one attached hydrogen (secondary N) is 2. The summed E-state index contributed by atoms with van der Waals surface area (Å²) in [5, 5.41) is 3.42. The maximum absolute atomic E-state index is 11.9. The molecule has 0 aliphatic carbocycles. The van der Waals surface area contributed by atoms with E-state index in [9.17, 15) is 4.79 Å². The molecule has 2 saturated heterocycles. The van der Waals surface area contributed by atoms with Crippen molar-refractivity contribution in [1.29, 1.82) is 0 Å². The zero-order valence-electron chi connectivity index (χ0n) is 17.3. The summed E-state index contributed by atoms with van der Waals surface area (Å²) in [5.41, 5.74) is 2.96. The van der Waals surface area contributed by atoms with Crippen molar-refractivity contribution in [1.82, 2.24) is 25.4 Å². The van der Waals surface area contributed by atoms with E-state index in [0.717, 1.165) is 51.1 Å². The van der Waals surface area contributed by atoms with Crippen LogP contribution in [0.1, 0.15) is 37.8 Å². The molecule has 0 bridgehead atoms. The van der Waals surface area contributed by atoms with Gasteiger partial charge in [0, 0.05) is 50.6 Å². The topological polar surface area (TPSA) is 114 Å². The van der Waals surface area contributed by atoms with Gasteiger partial charge in [-0.3, -0.25) is 9.78 Å². The van der Waals surface area contributed by atoms with Crippen molar-refractivity contribution in [2.45, 2.75) is 44.4 Å². The van der Waals surface area contributed by atoms with Crippen LogP contribution in [0.25, 0.3) is 6.08 Å². The number of aromatic nitrogens is 4. The molecule has 4 heterocycles. The van der Waals surface area contributed by atoms with Crippen molar-refractivity contribution in [3.63, 3.8) is 0 Å². The molecule has 2 atom stereocenters. The van der Waals surface area contributed by atoms with Crippen LogP contribution >= 0.6 is 0 Å². The first kappa shape index (κ1) is 21.1. The average molecular weight is 425 g/mol. The van der Waals surface area contributed by atoms with E-state index in [4.69, 9.17) is 9.57 Å². The third kappa shape index (κ3) is 6.43. The molecule has 0 spiro atoms. The van der Waals surface area contributed by atoms with Gasteiger partial charge < -0.3 is 15.0 Å². The summed E-state index contributed by atoms with van der Waals surface area (Å²) >= 11 is 0. The molecule has 2 aliphatic heterocycles. The molecule has 2 aromatic heterocycles. The second-order valence-electron chi connectivity index (χ2n) is 7.52. The second-order valence-corrected chi connectivity index (χ2v) is 7.52. The average Bonchev–Trinajstić information content (AvgIpc) is 2.84. The van der Waals surface area contributed by atoms with Crippen LogP contribution in [-0.2, 0) is 14.4 Å². The Balaban J connectivity index is 1.24. The Morgan fingerprint density at radius 2 is 2.03 bits per heavy atom. The Morgan fingerprint density at radius 3 is 2.81 bits per heavy atom. The summed E-state index contributed by atoms with van der Waals surface area (Å²) in [6.45, 7) is 2.40. The molecule has 0 saturated carbocycles. The highest BCUT2D eigenvalue weighted by atomic mass is 16.8. The number of hydrogen-bond donors (Lipinski definition) is 2. The normalized spacial score (nSPS) is 21.7. The summed E-state index contributed by atoms with van der Waals surface area (Å²) in [4.78, 5) is 36.7. The minimum atomic E-state index is -0.375. The highest BCUT2D eigenvalue weighted by Gasteiger charge is 2.21. The number of amides is 1. The number of ether oxygens (including phenoxy) is 1. The van der Waals surface area contributed by atoms with Gasteiger partial charge in [-0.15, -0.1) is 0 Å². The molecule has 2 fully saturated rings. The second kappa shape index (κ2) is 10.8. The summed E-state index contributed by atoms with van der Waals surface area (Å²) in [6.07, 6.45) is 14.3. The van der Waals surface area contributed by atoms with E-state index in [-0.39, 0.29) is 18.2 Å². The zero-order chi connectivity index (χ0) is 21.3. The molecule has 1 amide bonds. The fourth-order valence-corrected chi connectivity index (χ4v) is 3.56. The molecule has 31 heavy (non-hydrogen) atoms. The minimum absolute atomic E-state index is 0.234. The molecule has 2 N–H and O–H groups in total. The van der Waals surface area contributed by atoms with E-state index >= 15 is 0 Å². The van der Waals surface area contributed by atoms with Crippen molar-refractivity contribution >= 4 is 23.7 Å². The minimum Gasteiger partial charge on any atom is -0.364 e. The number of rotatable bonds is 7. The van der Waals surface area contributed by atoms with E-state index in [1.807, 2.05) is 6.07 Å². The Kier molecular flexibility index (Phi) is 7.35. The number of anilines is 2. The zero-order valence-corrected chi connectivity index (χ0v) is 17.3. The predicted octanol–water partition coefficient (Wildman–Crippen LogP) is 1.94. The van der Waals surface area contributed by atoms with Crippen LogP contribution in [0.4, 0.5) is 11.8 Å². The lowest BCUT2D eigenvalue weighted by Gasteiger charge is -2.33. The molecule has 10 nitrogen and oxygen atoms in total.